The minimum atomic E-state index is -0.421. The molecule has 0 aliphatic carbocycles. The summed E-state index contributed by atoms with van der Waals surface area (Å²) in [7, 11) is 4.40. The van der Waals surface area contributed by atoms with Crippen LogP contribution in [0.15, 0.2) is 72.8 Å². The van der Waals surface area contributed by atoms with Crippen molar-refractivity contribution in [3.8, 4) is 11.1 Å². The maximum atomic E-state index is 12.7. The molecule has 1 aliphatic rings. The Morgan fingerprint density at radius 2 is 1.59 bits per heavy atom. The first-order valence-electron chi connectivity index (χ1n) is 13.3. The minimum Gasteiger partial charge on any atom is -1.00 e. The van der Waals surface area contributed by atoms with E-state index in [1.165, 1.54) is 0 Å². The third-order valence-electron chi connectivity index (χ3n) is 7.08. The van der Waals surface area contributed by atoms with E-state index in [1.54, 1.807) is 24.3 Å². The zero-order valence-electron chi connectivity index (χ0n) is 22.7. The van der Waals surface area contributed by atoms with Gasteiger partial charge in [-0.3, -0.25) is 10.1 Å². The average molecular weight is 644 g/mol. The van der Waals surface area contributed by atoms with E-state index < -0.39 is 6.09 Å². The minimum absolute atomic E-state index is 0. The van der Waals surface area contributed by atoms with E-state index in [4.69, 9.17) is 9.84 Å². The number of amides is 2. The summed E-state index contributed by atoms with van der Waals surface area (Å²) in [5.41, 5.74) is 5.26. The van der Waals surface area contributed by atoms with Crippen molar-refractivity contribution in [2.24, 2.45) is 0 Å². The fourth-order valence-electron chi connectivity index (χ4n) is 4.73. The van der Waals surface area contributed by atoms with E-state index in [9.17, 15) is 9.59 Å². The molecule has 1 fully saturated rings. The molecule has 1 aliphatic heterocycles. The van der Waals surface area contributed by atoms with Gasteiger partial charge in [-0.05, 0) is 53.8 Å². The molecule has 0 radical (unpaired) electrons. The van der Waals surface area contributed by atoms with Gasteiger partial charge in [-0.1, -0.05) is 48.5 Å². The highest BCUT2D eigenvalue weighted by Crippen LogP contribution is 2.30. The van der Waals surface area contributed by atoms with E-state index in [0.717, 1.165) is 64.8 Å². The summed E-state index contributed by atoms with van der Waals surface area (Å²) in [6.07, 6.45) is 3.08. The summed E-state index contributed by atoms with van der Waals surface area (Å²) in [5.74, 6) is -0.0454. The quantitative estimate of drug-likeness (QED) is 0.247. The van der Waals surface area contributed by atoms with Crippen LogP contribution in [0.25, 0.3) is 11.1 Å². The molecular formula is C31H38IN3O4. The molecule has 0 aromatic heterocycles. The molecule has 0 bridgehead atoms. The number of piperidine rings is 1. The van der Waals surface area contributed by atoms with Crippen LogP contribution in [0.1, 0.15) is 36.8 Å². The maximum Gasteiger partial charge on any atom is 0.411 e. The van der Waals surface area contributed by atoms with E-state index in [1.807, 2.05) is 42.5 Å². The number of aliphatic hydroxyl groups excluding tert-OH is 1. The molecular weight excluding hydrogens is 605 g/mol. The Labute approximate surface area is 248 Å². The van der Waals surface area contributed by atoms with Crippen LogP contribution < -0.4 is 34.6 Å². The lowest BCUT2D eigenvalue weighted by atomic mass is 9.98. The summed E-state index contributed by atoms with van der Waals surface area (Å²) < 4.78 is 6.70. The molecule has 0 unspecified atom stereocenters. The zero-order chi connectivity index (χ0) is 27.0. The number of rotatable bonds is 9. The number of nitrogens with one attached hydrogen (secondary N) is 2. The van der Waals surface area contributed by atoms with Gasteiger partial charge in [-0.2, -0.15) is 0 Å². The van der Waals surface area contributed by atoms with Crippen molar-refractivity contribution in [2.45, 2.75) is 44.8 Å². The van der Waals surface area contributed by atoms with Crippen LogP contribution in [-0.4, -0.2) is 54.9 Å². The van der Waals surface area contributed by atoms with Crippen molar-refractivity contribution < 1.29 is 47.9 Å². The number of ether oxygens (including phenoxy) is 1. The number of nitrogens with zero attached hydrogens (tertiary/aromatic N) is 1. The lowest BCUT2D eigenvalue weighted by Crippen LogP contribution is -3.00. The summed E-state index contributed by atoms with van der Waals surface area (Å²) in [4.78, 5) is 25.1. The molecule has 39 heavy (non-hydrogen) atoms. The van der Waals surface area contributed by atoms with Crippen LogP contribution in [0.2, 0.25) is 0 Å². The van der Waals surface area contributed by atoms with Gasteiger partial charge in [0, 0.05) is 30.5 Å². The number of anilines is 2. The predicted octanol–water partition coefficient (Wildman–Crippen LogP) is 2.60. The van der Waals surface area contributed by atoms with Crippen LogP contribution in [0.4, 0.5) is 16.2 Å². The van der Waals surface area contributed by atoms with Gasteiger partial charge in [0.25, 0.3) is 0 Å². The summed E-state index contributed by atoms with van der Waals surface area (Å²) >= 11 is 0. The van der Waals surface area contributed by atoms with E-state index in [2.05, 4.69) is 30.8 Å². The topological polar surface area (TPSA) is 87.7 Å². The second-order valence-corrected chi connectivity index (χ2v) is 10.6. The molecule has 0 spiro atoms. The lowest BCUT2D eigenvalue weighted by molar-refractivity contribution is -0.896. The number of carbonyl (C=O) groups is 2. The van der Waals surface area contributed by atoms with Crippen LogP contribution in [0.3, 0.4) is 0 Å². The monoisotopic (exact) mass is 643 g/mol. The third kappa shape index (κ3) is 9.33. The van der Waals surface area contributed by atoms with Crippen molar-refractivity contribution in [1.82, 2.24) is 0 Å². The highest BCUT2D eigenvalue weighted by atomic mass is 127. The van der Waals surface area contributed by atoms with Crippen molar-refractivity contribution >= 4 is 23.4 Å². The van der Waals surface area contributed by atoms with Crippen LogP contribution >= 0.6 is 0 Å². The normalized spacial score (nSPS) is 14.6. The van der Waals surface area contributed by atoms with Gasteiger partial charge in [0.2, 0.25) is 5.91 Å². The van der Waals surface area contributed by atoms with Gasteiger partial charge in [0.05, 0.1) is 39.5 Å². The Morgan fingerprint density at radius 1 is 0.923 bits per heavy atom. The second-order valence-electron chi connectivity index (χ2n) is 10.6. The number of carbonyl (C=O) groups excluding carboxylic acids is 2. The molecule has 0 saturated carbocycles. The molecule has 4 rings (SSSR count). The molecule has 2 amide bonds. The fraction of sp³-hybridized carbons (Fsp3) is 0.355. The molecule has 3 aromatic rings. The van der Waals surface area contributed by atoms with Crippen LogP contribution in [0.5, 0.6) is 0 Å². The van der Waals surface area contributed by atoms with Crippen molar-refractivity contribution in [2.75, 3.05) is 37.8 Å². The number of aliphatic hydroxyl groups is 1. The average Bonchev–Trinajstić information content (AvgIpc) is 2.91. The number of quaternary nitrogens is 1. The number of benzene rings is 3. The maximum absolute atomic E-state index is 12.7. The Balaban J connectivity index is 0.00000420. The Hall–Kier alpha value is -2.95. The van der Waals surface area contributed by atoms with Crippen molar-refractivity contribution in [3.63, 3.8) is 0 Å². The van der Waals surface area contributed by atoms with E-state index >= 15 is 0 Å². The number of likely N-dealkylation sites (tertiary alicyclic amines) is 1. The highest BCUT2D eigenvalue weighted by Gasteiger charge is 2.28. The molecule has 3 aromatic carbocycles. The van der Waals surface area contributed by atoms with Gasteiger partial charge in [0.15, 0.2) is 0 Å². The summed E-state index contributed by atoms with van der Waals surface area (Å²) in [5, 5.41) is 15.0. The Bertz CT molecular complexity index is 1220. The standard InChI is InChI=1S/C31H37N3O4.HI/c1-34(2)19-17-27(18-20-34)38-31(37)33-29-16-13-23(21-28(29)25-8-4-3-5-9-25)7-6-10-30(36)32-26-14-11-24(22-35)12-15-26;/h3-5,8-9,11-16,21,27,35H,6-7,10,17-20,22H2,1-2H3,(H-,32,33,36,37);1H. The molecule has 208 valence electrons. The molecule has 7 nitrogen and oxygen atoms in total. The molecule has 1 saturated heterocycles. The predicted molar refractivity (Wildman–Crippen MR) is 151 cm³/mol. The smallest absolute Gasteiger partial charge is 0.411 e. The first kappa shape index (κ1) is 30.6. The van der Waals surface area contributed by atoms with Gasteiger partial charge < -0.3 is 43.6 Å². The zero-order valence-corrected chi connectivity index (χ0v) is 24.8. The number of aryl methyl sites for hydroxylation is 1. The third-order valence-corrected chi connectivity index (χ3v) is 7.08. The fourth-order valence-corrected chi connectivity index (χ4v) is 4.73. The number of hydrogen-bond acceptors (Lipinski definition) is 4. The van der Waals surface area contributed by atoms with Crippen LogP contribution in [-0.2, 0) is 22.6 Å². The van der Waals surface area contributed by atoms with Gasteiger partial charge in [0.1, 0.15) is 6.10 Å². The van der Waals surface area contributed by atoms with Gasteiger partial charge in [-0.15, -0.1) is 0 Å². The SMILES string of the molecule is C[N+]1(C)CCC(OC(=O)Nc2ccc(CCCC(=O)Nc3ccc(CO)cc3)cc2-c2ccccc2)CC1.[I-]. The molecule has 0 atom stereocenters. The van der Waals surface area contributed by atoms with Crippen molar-refractivity contribution in [1.29, 1.82) is 0 Å². The van der Waals surface area contributed by atoms with Gasteiger partial charge in [-0.25, -0.2) is 4.79 Å². The van der Waals surface area contributed by atoms with Gasteiger partial charge >= 0.3 is 6.09 Å². The summed E-state index contributed by atoms with van der Waals surface area (Å²) in [6.45, 7) is 1.97. The largest absolute Gasteiger partial charge is 1.00 e. The Kier molecular flexibility index (Phi) is 11.3. The number of halogens is 1. The number of hydrogen-bond donors (Lipinski definition) is 3. The lowest BCUT2D eigenvalue weighted by Gasteiger charge is -2.36. The van der Waals surface area contributed by atoms with Crippen molar-refractivity contribution in [3.05, 3.63) is 83.9 Å². The highest BCUT2D eigenvalue weighted by molar-refractivity contribution is 5.92. The first-order chi connectivity index (χ1) is 18.3. The molecule has 3 N–H and O–H groups in total. The Morgan fingerprint density at radius 3 is 2.26 bits per heavy atom. The van der Waals surface area contributed by atoms with E-state index in [0.29, 0.717) is 18.5 Å². The second kappa shape index (κ2) is 14.4. The molecule has 1 heterocycles. The summed E-state index contributed by atoms with van der Waals surface area (Å²) in [6, 6.07) is 23.1. The molecule has 8 heteroatoms. The van der Waals surface area contributed by atoms with E-state index in [-0.39, 0.29) is 42.6 Å². The van der Waals surface area contributed by atoms with Crippen LogP contribution in [0, 0.1) is 0 Å². The first-order valence-corrected chi connectivity index (χ1v) is 13.3.